The Kier molecular flexibility index (Phi) is 3.27. The monoisotopic (exact) mass is 234 g/mol. The zero-order valence-corrected chi connectivity index (χ0v) is 9.84. The smallest absolute Gasteiger partial charge is 0.256 e. The van der Waals surface area contributed by atoms with Crippen LogP contribution < -0.4 is 9.47 Å². The standard InChI is InChI=1S/C12H14N2O3/c1-16-10-7-9(8-13-11(10)17-2)12(15)14-5-3-4-6-14/h3-4,7-8H,5-6H2,1-2H3. The SMILES string of the molecule is COc1cc(C(=O)N2CC=CC2)cnc1OC. The predicted octanol–water partition coefficient (Wildman–Crippen LogP) is 1.11. The Morgan fingerprint density at radius 1 is 1.29 bits per heavy atom. The van der Waals surface area contributed by atoms with Crippen LogP contribution in [0.15, 0.2) is 24.4 Å². The molecule has 0 saturated carbocycles. The van der Waals surface area contributed by atoms with Crippen LogP contribution in [0.1, 0.15) is 10.4 Å². The van der Waals surface area contributed by atoms with E-state index in [0.717, 1.165) is 0 Å². The van der Waals surface area contributed by atoms with Gasteiger partial charge in [0.25, 0.3) is 11.8 Å². The summed E-state index contributed by atoms with van der Waals surface area (Å²) < 4.78 is 10.1. The maximum atomic E-state index is 12.1. The molecule has 0 atom stereocenters. The zero-order chi connectivity index (χ0) is 12.3. The number of ether oxygens (including phenoxy) is 2. The molecule has 0 saturated heterocycles. The summed E-state index contributed by atoms with van der Waals surface area (Å²) in [6.07, 6.45) is 5.43. The van der Waals surface area contributed by atoms with E-state index >= 15 is 0 Å². The molecule has 17 heavy (non-hydrogen) atoms. The first-order chi connectivity index (χ1) is 8.26. The Hall–Kier alpha value is -2.04. The summed E-state index contributed by atoms with van der Waals surface area (Å²) in [4.78, 5) is 17.8. The van der Waals surface area contributed by atoms with E-state index in [9.17, 15) is 4.79 Å². The van der Waals surface area contributed by atoms with Gasteiger partial charge in [0.05, 0.1) is 19.8 Å². The molecular weight excluding hydrogens is 220 g/mol. The number of rotatable bonds is 3. The highest BCUT2D eigenvalue weighted by Crippen LogP contribution is 2.25. The van der Waals surface area contributed by atoms with Gasteiger partial charge in [-0.2, -0.15) is 0 Å². The molecule has 0 unspecified atom stereocenters. The van der Waals surface area contributed by atoms with Crippen molar-refractivity contribution in [3.8, 4) is 11.6 Å². The van der Waals surface area contributed by atoms with Gasteiger partial charge >= 0.3 is 0 Å². The highest BCUT2D eigenvalue weighted by atomic mass is 16.5. The van der Waals surface area contributed by atoms with Gasteiger partial charge in [0.2, 0.25) is 0 Å². The molecule has 0 radical (unpaired) electrons. The lowest BCUT2D eigenvalue weighted by atomic mass is 10.2. The summed E-state index contributed by atoms with van der Waals surface area (Å²) in [5.74, 6) is 0.789. The minimum atomic E-state index is -0.0524. The van der Waals surface area contributed by atoms with Crippen LogP contribution in [-0.4, -0.2) is 43.1 Å². The van der Waals surface area contributed by atoms with Gasteiger partial charge in [-0.25, -0.2) is 4.98 Å². The molecule has 0 aliphatic carbocycles. The first-order valence-electron chi connectivity index (χ1n) is 5.28. The highest BCUT2D eigenvalue weighted by molar-refractivity contribution is 5.94. The van der Waals surface area contributed by atoms with Crippen molar-refractivity contribution >= 4 is 5.91 Å². The fourth-order valence-electron chi connectivity index (χ4n) is 1.68. The lowest BCUT2D eigenvalue weighted by Gasteiger charge is -2.15. The number of carbonyl (C=O) groups is 1. The van der Waals surface area contributed by atoms with Gasteiger partial charge in [-0.3, -0.25) is 4.79 Å². The lowest BCUT2D eigenvalue weighted by molar-refractivity contribution is 0.0799. The van der Waals surface area contributed by atoms with Crippen molar-refractivity contribution < 1.29 is 14.3 Å². The number of carbonyl (C=O) groups excluding carboxylic acids is 1. The second-order valence-electron chi connectivity index (χ2n) is 3.62. The van der Waals surface area contributed by atoms with E-state index < -0.39 is 0 Å². The van der Waals surface area contributed by atoms with Crippen LogP contribution in [0.5, 0.6) is 11.6 Å². The van der Waals surface area contributed by atoms with Gasteiger partial charge in [-0.15, -0.1) is 0 Å². The Bertz CT molecular complexity index is 449. The molecule has 1 aliphatic rings. The Morgan fingerprint density at radius 2 is 2.00 bits per heavy atom. The molecule has 90 valence electrons. The maximum absolute atomic E-state index is 12.1. The normalized spacial score (nSPS) is 13.9. The molecule has 0 N–H and O–H groups in total. The van der Waals surface area contributed by atoms with Gasteiger partial charge in [0.1, 0.15) is 0 Å². The van der Waals surface area contributed by atoms with E-state index in [1.807, 2.05) is 12.2 Å². The quantitative estimate of drug-likeness (QED) is 0.735. The summed E-state index contributed by atoms with van der Waals surface area (Å²) in [6, 6.07) is 1.65. The van der Waals surface area contributed by atoms with Crippen LogP contribution in [0.4, 0.5) is 0 Å². The van der Waals surface area contributed by atoms with Gasteiger partial charge < -0.3 is 14.4 Å². The zero-order valence-electron chi connectivity index (χ0n) is 9.84. The summed E-state index contributed by atoms with van der Waals surface area (Å²) in [7, 11) is 3.03. The number of methoxy groups -OCH3 is 2. The third-order valence-corrected chi connectivity index (χ3v) is 2.58. The molecule has 1 aromatic heterocycles. The van der Waals surface area contributed by atoms with Crippen molar-refractivity contribution in [2.75, 3.05) is 27.3 Å². The predicted molar refractivity (Wildman–Crippen MR) is 62.4 cm³/mol. The van der Waals surface area contributed by atoms with Crippen molar-refractivity contribution in [1.29, 1.82) is 0 Å². The number of aromatic nitrogens is 1. The van der Waals surface area contributed by atoms with Crippen molar-refractivity contribution in [1.82, 2.24) is 9.88 Å². The average molecular weight is 234 g/mol. The van der Waals surface area contributed by atoms with E-state index in [4.69, 9.17) is 9.47 Å². The molecular formula is C12H14N2O3. The number of hydrogen-bond acceptors (Lipinski definition) is 4. The van der Waals surface area contributed by atoms with E-state index in [2.05, 4.69) is 4.98 Å². The summed E-state index contributed by atoms with van der Waals surface area (Å²) in [5, 5.41) is 0. The second kappa shape index (κ2) is 4.86. The molecule has 2 heterocycles. The van der Waals surface area contributed by atoms with Crippen LogP contribution in [0, 0.1) is 0 Å². The summed E-state index contributed by atoms with van der Waals surface area (Å²) in [6.45, 7) is 1.29. The van der Waals surface area contributed by atoms with Gasteiger partial charge in [-0.05, 0) is 0 Å². The van der Waals surface area contributed by atoms with E-state index in [1.54, 1.807) is 11.0 Å². The first kappa shape index (κ1) is 11.4. The molecule has 5 nitrogen and oxygen atoms in total. The lowest BCUT2D eigenvalue weighted by Crippen LogP contribution is -2.28. The van der Waals surface area contributed by atoms with Gasteiger partial charge in [0.15, 0.2) is 5.75 Å². The fraction of sp³-hybridized carbons (Fsp3) is 0.333. The molecule has 1 amide bonds. The van der Waals surface area contributed by atoms with Crippen molar-refractivity contribution in [2.45, 2.75) is 0 Å². The van der Waals surface area contributed by atoms with Crippen molar-refractivity contribution in [2.24, 2.45) is 0 Å². The van der Waals surface area contributed by atoms with E-state index in [-0.39, 0.29) is 5.91 Å². The van der Waals surface area contributed by atoms with Crippen LogP contribution in [0.2, 0.25) is 0 Å². The molecule has 1 aliphatic heterocycles. The van der Waals surface area contributed by atoms with Crippen LogP contribution in [-0.2, 0) is 0 Å². The minimum Gasteiger partial charge on any atom is -0.491 e. The third kappa shape index (κ3) is 2.22. The summed E-state index contributed by atoms with van der Waals surface area (Å²) in [5.41, 5.74) is 0.506. The molecule has 0 spiro atoms. The molecule has 0 aromatic carbocycles. The highest BCUT2D eigenvalue weighted by Gasteiger charge is 2.18. The van der Waals surface area contributed by atoms with Crippen molar-refractivity contribution in [3.05, 3.63) is 30.0 Å². The van der Waals surface area contributed by atoms with E-state index in [0.29, 0.717) is 30.3 Å². The number of amides is 1. The minimum absolute atomic E-state index is 0.0524. The van der Waals surface area contributed by atoms with Gasteiger partial charge in [0, 0.05) is 25.4 Å². The molecule has 0 fully saturated rings. The third-order valence-electron chi connectivity index (χ3n) is 2.58. The largest absolute Gasteiger partial charge is 0.491 e. The second-order valence-corrected chi connectivity index (χ2v) is 3.62. The van der Waals surface area contributed by atoms with Crippen LogP contribution >= 0.6 is 0 Å². The fourth-order valence-corrected chi connectivity index (χ4v) is 1.68. The topological polar surface area (TPSA) is 51.7 Å². The molecule has 5 heteroatoms. The van der Waals surface area contributed by atoms with Gasteiger partial charge in [-0.1, -0.05) is 12.2 Å². The Morgan fingerprint density at radius 3 is 2.59 bits per heavy atom. The number of hydrogen-bond donors (Lipinski definition) is 0. The molecule has 2 rings (SSSR count). The van der Waals surface area contributed by atoms with Crippen LogP contribution in [0.25, 0.3) is 0 Å². The Balaban J connectivity index is 2.23. The summed E-state index contributed by atoms with van der Waals surface area (Å²) >= 11 is 0. The molecule has 1 aromatic rings. The Labute approximate surface area is 99.7 Å². The number of pyridine rings is 1. The average Bonchev–Trinajstić information content (AvgIpc) is 2.90. The maximum Gasteiger partial charge on any atom is 0.256 e. The van der Waals surface area contributed by atoms with Crippen LogP contribution in [0.3, 0.4) is 0 Å². The number of nitrogens with zero attached hydrogens (tertiary/aromatic N) is 2. The first-order valence-corrected chi connectivity index (χ1v) is 5.28. The molecule has 0 bridgehead atoms. The van der Waals surface area contributed by atoms with Crippen molar-refractivity contribution in [3.63, 3.8) is 0 Å². The van der Waals surface area contributed by atoms with E-state index in [1.165, 1.54) is 20.4 Å².